The van der Waals surface area contributed by atoms with Crippen LogP contribution in [0.15, 0.2) is 0 Å². The predicted molar refractivity (Wildman–Crippen MR) is 52.9 cm³/mol. The van der Waals surface area contributed by atoms with Crippen molar-refractivity contribution in [3.8, 4) is 0 Å². The van der Waals surface area contributed by atoms with Crippen molar-refractivity contribution in [1.29, 1.82) is 0 Å². The molecule has 0 aromatic rings. The summed E-state index contributed by atoms with van der Waals surface area (Å²) in [6.45, 7) is 4.09. The molecule has 80 valence electrons. The highest BCUT2D eigenvalue weighted by atomic mass is 16.2. The lowest BCUT2D eigenvalue weighted by molar-refractivity contribution is -0.123. The maximum atomic E-state index is 11.5. The molecule has 1 rings (SSSR count). The Morgan fingerprint density at radius 3 is 3.07 bits per heavy atom. The summed E-state index contributed by atoms with van der Waals surface area (Å²) in [5, 5.41) is 5.45. The molecule has 5 heteroatoms. The van der Waals surface area contributed by atoms with Gasteiger partial charge >= 0.3 is 6.03 Å². The average Bonchev–Trinajstić information content (AvgIpc) is 2.18. The second kappa shape index (κ2) is 5.47. The van der Waals surface area contributed by atoms with E-state index in [1.54, 1.807) is 0 Å². The van der Waals surface area contributed by atoms with Crippen LogP contribution in [0, 0.1) is 0 Å². The number of hydrogen-bond donors (Lipinski definition) is 2. The van der Waals surface area contributed by atoms with Gasteiger partial charge in [0.2, 0.25) is 5.91 Å². The molecule has 14 heavy (non-hydrogen) atoms. The highest BCUT2D eigenvalue weighted by Crippen LogP contribution is 1.94. The highest BCUT2D eigenvalue weighted by molar-refractivity contribution is 5.85. The maximum absolute atomic E-state index is 11.5. The normalized spacial score (nSPS) is 16.4. The third-order valence-electron chi connectivity index (χ3n) is 2.13. The molecule has 1 heterocycles. The Hall–Kier alpha value is -1.26. The Morgan fingerprint density at radius 1 is 1.64 bits per heavy atom. The summed E-state index contributed by atoms with van der Waals surface area (Å²) in [5.41, 5.74) is 0. The number of nitrogens with one attached hydrogen (secondary N) is 2. The first-order valence-corrected chi connectivity index (χ1v) is 5.03. The first-order chi connectivity index (χ1) is 6.74. The van der Waals surface area contributed by atoms with Gasteiger partial charge in [0.1, 0.15) is 6.54 Å². The molecule has 1 fully saturated rings. The van der Waals surface area contributed by atoms with E-state index in [2.05, 4.69) is 17.6 Å². The molecule has 0 bridgehead atoms. The molecule has 0 saturated carbocycles. The van der Waals surface area contributed by atoms with E-state index in [9.17, 15) is 9.59 Å². The number of carbonyl (C=O) groups excluding carboxylic acids is 2. The van der Waals surface area contributed by atoms with Gasteiger partial charge in [0, 0.05) is 19.6 Å². The van der Waals surface area contributed by atoms with Crippen molar-refractivity contribution in [2.45, 2.75) is 19.8 Å². The van der Waals surface area contributed by atoms with Crippen molar-refractivity contribution < 1.29 is 9.59 Å². The molecule has 0 unspecified atom stereocenters. The topological polar surface area (TPSA) is 61.4 Å². The van der Waals surface area contributed by atoms with E-state index in [-0.39, 0.29) is 18.5 Å². The van der Waals surface area contributed by atoms with E-state index < -0.39 is 0 Å². The van der Waals surface area contributed by atoms with Crippen LogP contribution in [-0.4, -0.2) is 43.0 Å². The van der Waals surface area contributed by atoms with E-state index in [1.165, 1.54) is 4.90 Å². The maximum Gasteiger partial charge on any atom is 0.317 e. The summed E-state index contributed by atoms with van der Waals surface area (Å²) < 4.78 is 0. The van der Waals surface area contributed by atoms with Crippen LogP contribution in [0.5, 0.6) is 0 Å². The molecule has 1 aliphatic rings. The Bertz CT molecular complexity index is 218. The van der Waals surface area contributed by atoms with Crippen LogP contribution in [-0.2, 0) is 4.79 Å². The molecule has 0 aliphatic carbocycles. The Morgan fingerprint density at radius 2 is 2.43 bits per heavy atom. The number of hydrogen-bond acceptors (Lipinski definition) is 2. The number of rotatable bonds is 3. The summed E-state index contributed by atoms with van der Waals surface area (Å²) in [6, 6.07) is -0.131. The van der Waals surface area contributed by atoms with Crippen molar-refractivity contribution in [3.63, 3.8) is 0 Å². The molecule has 0 atom stereocenters. The van der Waals surface area contributed by atoms with Crippen LogP contribution in [0.1, 0.15) is 19.8 Å². The lowest BCUT2D eigenvalue weighted by atomic mass is 10.3. The van der Waals surface area contributed by atoms with E-state index >= 15 is 0 Å². The van der Waals surface area contributed by atoms with Crippen LogP contribution in [0.3, 0.4) is 0 Å². The van der Waals surface area contributed by atoms with Gasteiger partial charge in [0.15, 0.2) is 0 Å². The first kappa shape index (κ1) is 10.8. The molecule has 3 amide bonds. The van der Waals surface area contributed by atoms with Gasteiger partial charge in [-0.15, -0.1) is 0 Å². The highest BCUT2D eigenvalue weighted by Gasteiger charge is 2.20. The zero-order chi connectivity index (χ0) is 10.4. The van der Waals surface area contributed by atoms with E-state index in [4.69, 9.17) is 0 Å². The number of carbonyl (C=O) groups is 2. The molecule has 2 N–H and O–H groups in total. The monoisotopic (exact) mass is 199 g/mol. The third-order valence-corrected chi connectivity index (χ3v) is 2.13. The Balaban J connectivity index is 2.25. The smallest absolute Gasteiger partial charge is 0.317 e. The van der Waals surface area contributed by atoms with Gasteiger partial charge in [-0.3, -0.25) is 4.79 Å². The van der Waals surface area contributed by atoms with E-state index in [0.29, 0.717) is 19.6 Å². The minimum Gasteiger partial charge on any atom is -0.353 e. The molecular weight excluding hydrogens is 182 g/mol. The fraction of sp³-hybridized carbons (Fsp3) is 0.778. The van der Waals surface area contributed by atoms with E-state index in [0.717, 1.165) is 12.8 Å². The average molecular weight is 199 g/mol. The van der Waals surface area contributed by atoms with E-state index in [1.807, 2.05) is 0 Å². The number of unbranched alkanes of at least 4 members (excludes halogenated alkanes) is 1. The molecule has 1 saturated heterocycles. The van der Waals surface area contributed by atoms with Crippen molar-refractivity contribution in [3.05, 3.63) is 0 Å². The van der Waals surface area contributed by atoms with Gasteiger partial charge in [-0.25, -0.2) is 4.79 Å². The summed E-state index contributed by atoms with van der Waals surface area (Å²) in [6.07, 6.45) is 2.03. The number of piperazine rings is 1. The van der Waals surface area contributed by atoms with Crippen molar-refractivity contribution in [2.75, 3.05) is 26.2 Å². The van der Waals surface area contributed by atoms with Gasteiger partial charge in [-0.05, 0) is 6.42 Å². The van der Waals surface area contributed by atoms with Crippen molar-refractivity contribution in [1.82, 2.24) is 15.5 Å². The minimum atomic E-state index is -0.131. The van der Waals surface area contributed by atoms with Crippen LogP contribution in [0.4, 0.5) is 4.79 Å². The quantitative estimate of drug-likeness (QED) is 0.625. The SMILES string of the molecule is CCCCNC(=O)N1CCNC(=O)C1. The number of urea groups is 1. The summed E-state index contributed by atoms with van der Waals surface area (Å²) in [4.78, 5) is 24.0. The van der Waals surface area contributed by atoms with Gasteiger partial charge in [-0.2, -0.15) is 0 Å². The molecule has 1 aliphatic heterocycles. The number of amides is 3. The molecule has 5 nitrogen and oxygen atoms in total. The summed E-state index contributed by atoms with van der Waals surface area (Å²) >= 11 is 0. The zero-order valence-corrected chi connectivity index (χ0v) is 8.51. The fourth-order valence-corrected chi connectivity index (χ4v) is 1.30. The van der Waals surface area contributed by atoms with Gasteiger partial charge < -0.3 is 15.5 Å². The number of nitrogens with zero attached hydrogens (tertiary/aromatic N) is 1. The van der Waals surface area contributed by atoms with Crippen molar-refractivity contribution >= 4 is 11.9 Å². The Kier molecular flexibility index (Phi) is 4.22. The van der Waals surface area contributed by atoms with Crippen LogP contribution < -0.4 is 10.6 Å². The minimum absolute atomic E-state index is 0.0816. The fourth-order valence-electron chi connectivity index (χ4n) is 1.30. The lowest BCUT2D eigenvalue weighted by Gasteiger charge is -2.26. The van der Waals surface area contributed by atoms with Crippen LogP contribution in [0.25, 0.3) is 0 Å². The van der Waals surface area contributed by atoms with Gasteiger partial charge in [0.25, 0.3) is 0 Å². The van der Waals surface area contributed by atoms with Gasteiger partial charge in [0.05, 0.1) is 0 Å². The molecule has 0 radical (unpaired) electrons. The molecule has 0 spiro atoms. The van der Waals surface area contributed by atoms with Gasteiger partial charge in [-0.1, -0.05) is 13.3 Å². The van der Waals surface area contributed by atoms with Crippen LogP contribution in [0.2, 0.25) is 0 Å². The van der Waals surface area contributed by atoms with Crippen LogP contribution >= 0.6 is 0 Å². The largest absolute Gasteiger partial charge is 0.353 e. The zero-order valence-electron chi connectivity index (χ0n) is 8.51. The van der Waals surface area contributed by atoms with Crippen molar-refractivity contribution in [2.24, 2.45) is 0 Å². The predicted octanol–water partition coefficient (Wildman–Crippen LogP) is -0.0721. The first-order valence-electron chi connectivity index (χ1n) is 5.03. The lowest BCUT2D eigenvalue weighted by Crippen LogP contribution is -2.53. The second-order valence-electron chi connectivity index (χ2n) is 3.36. The molecular formula is C9H17N3O2. The summed E-state index contributed by atoms with van der Waals surface area (Å²) in [7, 11) is 0. The third kappa shape index (κ3) is 3.24. The molecule has 0 aromatic heterocycles. The second-order valence-corrected chi connectivity index (χ2v) is 3.36. The standard InChI is InChI=1S/C9H17N3O2/c1-2-3-4-11-9(14)12-6-5-10-8(13)7-12/h2-7H2,1H3,(H,10,13)(H,11,14). The molecule has 0 aromatic carbocycles. The Labute approximate surface area is 83.8 Å². The summed E-state index contributed by atoms with van der Waals surface area (Å²) in [5.74, 6) is -0.0816.